The number of aromatic nitrogens is 1. The number of carbonyl (C=O) groups excluding carboxylic acids is 1. The normalized spacial score (nSPS) is 15.8. The first-order valence-corrected chi connectivity index (χ1v) is 8.18. The zero-order valence-electron chi connectivity index (χ0n) is 11.7. The van der Waals surface area contributed by atoms with Crippen LogP contribution in [0.3, 0.4) is 0 Å². The highest BCUT2D eigenvalue weighted by atomic mass is 32.2. The van der Waals surface area contributed by atoms with Crippen LogP contribution in [-0.4, -0.2) is 40.4 Å². The standard InChI is InChI=1S/C15H18N4OS/c16-18-14-10-12(11-4-1-2-5-13(11)17-14)15(20)19-6-3-8-21-9-7-19/h1-2,4-5,10H,3,6-9,16H2,(H,17,18). The summed E-state index contributed by atoms with van der Waals surface area (Å²) >= 11 is 1.90. The maximum atomic E-state index is 12.9. The summed E-state index contributed by atoms with van der Waals surface area (Å²) in [4.78, 5) is 19.2. The molecule has 21 heavy (non-hydrogen) atoms. The molecule has 1 aromatic heterocycles. The van der Waals surface area contributed by atoms with Gasteiger partial charge in [0.1, 0.15) is 5.82 Å². The van der Waals surface area contributed by atoms with Crippen LogP contribution in [0.1, 0.15) is 16.8 Å². The number of benzene rings is 1. The van der Waals surface area contributed by atoms with Crippen molar-refractivity contribution in [1.29, 1.82) is 0 Å². The summed E-state index contributed by atoms with van der Waals surface area (Å²) in [5, 5.41) is 0.874. The van der Waals surface area contributed by atoms with Crippen molar-refractivity contribution in [3.63, 3.8) is 0 Å². The van der Waals surface area contributed by atoms with Crippen LogP contribution in [-0.2, 0) is 0 Å². The molecule has 0 radical (unpaired) electrons. The molecule has 0 atom stereocenters. The van der Waals surface area contributed by atoms with Crippen molar-refractivity contribution in [2.24, 2.45) is 5.84 Å². The lowest BCUT2D eigenvalue weighted by Crippen LogP contribution is -2.33. The van der Waals surface area contributed by atoms with E-state index in [1.807, 2.05) is 40.9 Å². The fourth-order valence-electron chi connectivity index (χ4n) is 2.55. The summed E-state index contributed by atoms with van der Waals surface area (Å²) in [6.07, 6.45) is 1.04. The molecule has 3 N–H and O–H groups in total. The smallest absolute Gasteiger partial charge is 0.254 e. The van der Waals surface area contributed by atoms with Crippen molar-refractivity contribution >= 4 is 34.4 Å². The number of hydrazine groups is 1. The Morgan fingerprint density at radius 2 is 2.14 bits per heavy atom. The summed E-state index contributed by atoms with van der Waals surface area (Å²) in [6.45, 7) is 1.61. The average molecular weight is 302 g/mol. The first-order valence-electron chi connectivity index (χ1n) is 7.03. The molecule has 110 valence electrons. The van der Waals surface area contributed by atoms with E-state index in [1.54, 1.807) is 6.07 Å². The predicted octanol–water partition coefficient (Wildman–Crippen LogP) is 2.10. The molecule has 1 saturated heterocycles. The molecular weight excluding hydrogens is 284 g/mol. The summed E-state index contributed by atoms with van der Waals surface area (Å²) in [5.41, 5.74) is 3.99. The van der Waals surface area contributed by atoms with Crippen LogP contribution in [0, 0.1) is 0 Å². The van der Waals surface area contributed by atoms with Crippen molar-refractivity contribution in [1.82, 2.24) is 9.88 Å². The second-order valence-corrected chi connectivity index (χ2v) is 6.20. The Bertz CT molecular complexity index is 653. The first kappa shape index (κ1) is 14.2. The number of thioether (sulfide) groups is 1. The zero-order chi connectivity index (χ0) is 14.7. The number of para-hydroxylation sites is 1. The minimum absolute atomic E-state index is 0.0626. The van der Waals surface area contributed by atoms with Gasteiger partial charge >= 0.3 is 0 Å². The second-order valence-electron chi connectivity index (χ2n) is 4.97. The molecule has 5 nitrogen and oxygen atoms in total. The van der Waals surface area contributed by atoms with E-state index in [0.717, 1.165) is 41.9 Å². The molecule has 0 bridgehead atoms. The lowest BCUT2D eigenvalue weighted by atomic mass is 10.1. The van der Waals surface area contributed by atoms with Crippen molar-refractivity contribution in [2.75, 3.05) is 30.0 Å². The molecule has 1 fully saturated rings. The van der Waals surface area contributed by atoms with Gasteiger partial charge in [0.2, 0.25) is 0 Å². The van der Waals surface area contributed by atoms with E-state index in [1.165, 1.54) is 0 Å². The average Bonchev–Trinajstić information content (AvgIpc) is 2.82. The molecule has 1 aromatic carbocycles. The van der Waals surface area contributed by atoms with Crippen molar-refractivity contribution in [2.45, 2.75) is 6.42 Å². The Balaban J connectivity index is 2.03. The molecule has 2 heterocycles. The third-order valence-corrected chi connectivity index (χ3v) is 4.65. The van der Waals surface area contributed by atoms with Gasteiger partial charge in [-0.15, -0.1) is 0 Å². The lowest BCUT2D eigenvalue weighted by molar-refractivity contribution is 0.0770. The number of carbonyl (C=O) groups is 1. The van der Waals surface area contributed by atoms with E-state index in [2.05, 4.69) is 10.4 Å². The number of nitrogens with two attached hydrogens (primary N) is 1. The third-order valence-electron chi connectivity index (χ3n) is 3.60. The third kappa shape index (κ3) is 2.96. The van der Waals surface area contributed by atoms with E-state index >= 15 is 0 Å². The quantitative estimate of drug-likeness (QED) is 0.656. The molecule has 0 aliphatic carbocycles. The number of anilines is 1. The number of rotatable bonds is 2. The molecule has 3 rings (SSSR count). The Morgan fingerprint density at radius 3 is 3.00 bits per heavy atom. The number of fused-ring (bicyclic) bond motifs is 1. The molecule has 2 aromatic rings. The van der Waals surface area contributed by atoms with Gasteiger partial charge in [0.25, 0.3) is 5.91 Å². The van der Waals surface area contributed by atoms with E-state index in [0.29, 0.717) is 11.4 Å². The highest BCUT2D eigenvalue weighted by Crippen LogP contribution is 2.23. The monoisotopic (exact) mass is 302 g/mol. The van der Waals surface area contributed by atoms with Crippen LogP contribution in [0.25, 0.3) is 10.9 Å². The number of nitrogen functional groups attached to an aromatic ring is 1. The van der Waals surface area contributed by atoms with Gasteiger partial charge in [-0.2, -0.15) is 11.8 Å². The Labute approximate surface area is 127 Å². The molecule has 6 heteroatoms. The molecule has 0 saturated carbocycles. The van der Waals surface area contributed by atoms with Crippen molar-refractivity contribution < 1.29 is 4.79 Å². The second kappa shape index (κ2) is 6.32. The summed E-state index contributed by atoms with van der Waals surface area (Å²) in [6, 6.07) is 9.40. The van der Waals surface area contributed by atoms with E-state index < -0.39 is 0 Å². The number of nitrogens with one attached hydrogen (secondary N) is 1. The Morgan fingerprint density at radius 1 is 1.29 bits per heavy atom. The number of nitrogens with zero attached hydrogens (tertiary/aromatic N) is 2. The zero-order valence-corrected chi connectivity index (χ0v) is 12.5. The molecule has 1 aliphatic heterocycles. The summed E-state index contributed by atoms with van der Waals surface area (Å²) in [7, 11) is 0. The number of amides is 1. The van der Waals surface area contributed by atoms with Gasteiger partial charge in [-0.05, 0) is 24.3 Å². The van der Waals surface area contributed by atoms with Crippen LogP contribution in [0.2, 0.25) is 0 Å². The fraction of sp³-hybridized carbons (Fsp3) is 0.333. The maximum Gasteiger partial charge on any atom is 0.254 e. The predicted molar refractivity (Wildman–Crippen MR) is 87.4 cm³/mol. The van der Waals surface area contributed by atoms with Crippen LogP contribution < -0.4 is 11.3 Å². The molecule has 1 aliphatic rings. The van der Waals surface area contributed by atoms with Crippen LogP contribution in [0.4, 0.5) is 5.82 Å². The van der Waals surface area contributed by atoms with Crippen LogP contribution in [0.15, 0.2) is 30.3 Å². The molecule has 1 amide bonds. The molecule has 0 unspecified atom stereocenters. The number of hydrogen-bond acceptors (Lipinski definition) is 5. The minimum atomic E-state index is 0.0626. The first-order chi connectivity index (χ1) is 10.3. The van der Waals surface area contributed by atoms with Gasteiger partial charge in [0.05, 0.1) is 11.1 Å². The largest absolute Gasteiger partial charge is 0.338 e. The van der Waals surface area contributed by atoms with Gasteiger partial charge in [-0.25, -0.2) is 10.8 Å². The van der Waals surface area contributed by atoms with Crippen LogP contribution >= 0.6 is 11.8 Å². The highest BCUT2D eigenvalue weighted by Gasteiger charge is 2.20. The topological polar surface area (TPSA) is 71.2 Å². The van der Waals surface area contributed by atoms with E-state index in [-0.39, 0.29) is 5.91 Å². The summed E-state index contributed by atoms with van der Waals surface area (Å²) < 4.78 is 0. The van der Waals surface area contributed by atoms with Gasteiger partial charge in [0, 0.05) is 24.2 Å². The Hall–Kier alpha value is -1.79. The molecule has 0 spiro atoms. The SMILES string of the molecule is NNc1cc(C(=O)N2CCCSCC2)c2ccccc2n1. The number of hydrogen-bond donors (Lipinski definition) is 2. The maximum absolute atomic E-state index is 12.9. The lowest BCUT2D eigenvalue weighted by Gasteiger charge is -2.21. The summed E-state index contributed by atoms with van der Waals surface area (Å²) in [5.74, 6) is 8.17. The highest BCUT2D eigenvalue weighted by molar-refractivity contribution is 7.99. The van der Waals surface area contributed by atoms with Crippen LogP contribution in [0.5, 0.6) is 0 Å². The van der Waals surface area contributed by atoms with E-state index in [9.17, 15) is 4.79 Å². The number of pyridine rings is 1. The van der Waals surface area contributed by atoms with Gasteiger partial charge < -0.3 is 10.3 Å². The van der Waals surface area contributed by atoms with Crippen molar-refractivity contribution in [3.8, 4) is 0 Å². The van der Waals surface area contributed by atoms with E-state index in [4.69, 9.17) is 5.84 Å². The van der Waals surface area contributed by atoms with Crippen molar-refractivity contribution in [3.05, 3.63) is 35.9 Å². The fourth-order valence-corrected chi connectivity index (χ4v) is 3.43. The Kier molecular flexibility index (Phi) is 4.26. The van der Waals surface area contributed by atoms with Gasteiger partial charge in [-0.3, -0.25) is 4.79 Å². The minimum Gasteiger partial charge on any atom is -0.338 e. The molecular formula is C15H18N4OS. The van der Waals surface area contributed by atoms with Gasteiger partial charge in [0.15, 0.2) is 0 Å². The van der Waals surface area contributed by atoms with Gasteiger partial charge in [-0.1, -0.05) is 18.2 Å².